The third-order valence-corrected chi connectivity index (χ3v) is 6.62. The quantitative estimate of drug-likeness (QED) is 0.589. The third kappa shape index (κ3) is 4.39. The van der Waals surface area contributed by atoms with Gasteiger partial charge < -0.3 is 9.84 Å². The summed E-state index contributed by atoms with van der Waals surface area (Å²) >= 11 is 8.98. The second-order valence-corrected chi connectivity index (χ2v) is 9.55. The average molecular weight is 423 g/mol. The van der Waals surface area contributed by atoms with Crippen molar-refractivity contribution in [1.29, 1.82) is 0 Å². The van der Waals surface area contributed by atoms with Crippen molar-refractivity contribution >= 4 is 40.2 Å². The maximum absolute atomic E-state index is 12.5. The first-order chi connectivity index (χ1) is 13.0. The summed E-state index contributed by atoms with van der Waals surface area (Å²) in [4.78, 5) is 22.6. The minimum Gasteiger partial charge on any atom is -0.344 e. The van der Waals surface area contributed by atoms with Gasteiger partial charge in [0.15, 0.2) is 5.82 Å². The number of halogens is 1. The summed E-state index contributed by atoms with van der Waals surface area (Å²) in [5, 5.41) is 9.86. The van der Waals surface area contributed by atoms with Gasteiger partial charge in [-0.05, 0) is 30.9 Å². The molecule has 0 radical (unpaired) electrons. The Morgan fingerprint density at radius 1 is 1.37 bits per heavy atom. The number of rotatable bonds is 7. The van der Waals surface area contributed by atoms with E-state index in [2.05, 4.69) is 20.4 Å². The average Bonchev–Trinajstić information content (AvgIpc) is 3.01. The molecular formula is C18H19ClN4O2S2. The molecule has 0 aromatic carbocycles. The van der Waals surface area contributed by atoms with E-state index in [1.165, 1.54) is 22.7 Å². The Bertz CT molecular complexity index is 945. The first-order valence-electron chi connectivity index (χ1n) is 8.82. The number of thiazole rings is 1. The van der Waals surface area contributed by atoms with Crippen LogP contribution in [0.1, 0.15) is 56.1 Å². The van der Waals surface area contributed by atoms with E-state index in [0.29, 0.717) is 11.8 Å². The van der Waals surface area contributed by atoms with Crippen molar-refractivity contribution in [2.45, 2.75) is 45.1 Å². The topological polar surface area (TPSA) is 80.9 Å². The van der Waals surface area contributed by atoms with Crippen molar-refractivity contribution in [1.82, 2.24) is 20.4 Å². The Balaban J connectivity index is 1.41. The minimum atomic E-state index is -0.299. The van der Waals surface area contributed by atoms with E-state index in [1.54, 1.807) is 0 Å². The Morgan fingerprint density at radius 3 is 2.85 bits per heavy atom. The minimum absolute atomic E-state index is 0.110. The van der Waals surface area contributed by atoms with Gasteiger partial charge in [-0.3, -0.25) is 4.79 Å². The largest absolute Gasteiger partial charge is 0.344 e. The van der Waals surface area contributed by atoms with Crippen molar-refractivity contribution in [3.63, 3.8) is 0 Å². The monoisotopic (exact) mass is 422 g/mol. The number of nitrogens with one attached hydrogen (secondary N) is 1. The van der Waals surface area contributed by atoms with E-state index in [0.717, 1.165) is 38.6 Å². The lowest BCUT2D eigenvalue weighted by atomic mass is 10.0. The molecule has 27 heavy (non-hydrogen) atoms. The molecule has 3 heterocycles. The Morgan fingerprint density at radius 2 is 2.19 bits per heavy atom. The molecule has 3 aromatic rings. The van der Waals surface area contributed by atoms with Gasteiger partial charge in [-0.15, -0.1) is 22.7 Å². The highest BCUT2D eigenvalue weighted by atomic mass is 35.5. The highest BCUT2D eigenvalue weighted by Crippen LogP contribution is 2.38. The van der Waals surface area contributed by atoms with Crippen LogP contribution in [0, 0.1) is 5.92 Å². The lowest BCUT2D eigenvalue weighted by Crippen LogP contribution is -2.33. The van der Waals surface area contributed by atoms with Crippen LogP contribution in [-0.4, -0.2) is 21.0 Å². The molecule has 0 saturated heterocycles. The maximum atomic E-state index is 12.5. The van der Waals surface area contributed by atoms with Crippen molar-refractivity contribution < 1.29 is 9.32 Å². The molecule has 1 unspecified atom stereocenters. The van der Waals surface area contributed by atoms with Gasteiger partial charge in [-0.25, -0.2) is 4.98 Å². The molecule has 0 spiro atoms. The molecule has 3 aromatic heterocycles. The molecule has 1 saturated carbocycles. The lowest BCUT2D eigenvalue weighted by molar-refractivity contribution is -0.121. The first kappa shape index (κ1) is 18.6. The zero-order valence-corrected chi connectivity index (χ0v) is 17.3. The summed E-state index contributed by atoms with van der Waals surface area (Å²) in [5.74, 6) is 1.68. The van der Waals surface area contributed by atoms with E-state index >= 15 is 0 Å². The van der Waals surface area contributed by atoms with Crippen molar-refractivity contribution in [3.8, 4) is 9.88 Å². The predicted molar refractivity (Wildman–Crippen MR) is 106 cm³/mol. The summed E-state index contributed by atoms with van der Waals surface area (Å²) < 4.78 is 6.13. The van der Waals surface area contributed by atoms with E-state index in [4.69, 9.17) is 16.1 Å². The van der Waals surface area contributed by atoms with Crippen molar-refractivity contribution in [3.05, 3.63) is 39.3 Å². The summed E-state index contributed by atoms with van der Waals surface area (Å²) in [6.45, 7) is 4.04. The SMILES string of the molecule is CC(C)C(NC(=O)Cc1csc(-c2ccc(Cl)s2)n1)c1nc(C2CC2)no1. The number of carbonyl (C=O) groups is 1. The fraction of sp³-hybridized carbons (Fsp3) is 0.444. The molecule has 9 heteroatoms. The van der Waals surface area contributed by atoms with Crippen LogP contribution >= 0.6 is 34.3 Å². The first-order valence-corrected chi connectivity index (χ1v) is 10.9. The van der Waals surface area contributed by atoms with Crippen LogP contribution in [-0.2, 0) is 11.2 Å². The third-order valence-electron chi connectivity index (χ3n) is 4.33. The number of amides is 1. The number of hydrogen-bond acceptors (Lipinski definition) is 7. The predicted octanol–water partition coefficient (Wildman–Crippen LogP) is 4.84. The van der Waals surface area contributed by atoms with Crippen molar-refractivity contribution in [2.75, 3.05) is 0 Å². The van der Waals surface area contributed by atoms with Gasteiger partial charge in [0.25, 0.3) is 0 Å². The molecule has 6 nitrogen and oxygen atoms in total. The van der Waals surface area contributed by atoms with E-state index in [9.17, 15) is 4.79 Å². The molecule has 1 aliphatic carbocycles. The van der Waals surface area contributed by atoms with Crippen LogP contribution in [0.2, 0.25) is 4.34 Å². The molecule has 1 aliphatic rings. The molecule has 0 bridgehead atoms. The summed E-state index contributed by atoms with van der Waals surface area (Å²) in [6.07, 6.45) is 2.43. The fourth-order valence-electron chi connectivity index (χ4n) is 2.71. The molecule has 4 rings (SSSR count). The normalized spacial score (nSPS) is 15.3. The highest BCUT2D eigenvalue weighted by molar-refractivity contribution is 7.23. The van der Waals surface area contributed by atoms with Crippen LogP contribution in [0.5, 0.6) is 0 Å². The Labute approximate surface area is 170 Å². The second kappa shape index (κ2) is 7.69. The summed E-state index contributed by atoms with van der Waals surface area (Å²) in [6, 6.07) is 3.49. The van der Waals surface area contributed by atoms with E-state index in [1.807, 2.05) is 31.4 Å². The number of nitrogens with zero attached hydrogens (tertiary/aromatic N) is 3. The molecule has 1 amide bonds. The van der Waals surface area contributed by atoms with Gasteiger partial charge in [0.1, 0.15) is 11.0 Å². The van der Waals surface area contributed by atoms with Gasteiger partial charge in [0.2, 0.25) is 11.8 Å². The lowest BCUT2D eigenvalue weighted by Gasteiger charge is -2.18. The molecule has 0 aliphatic heterocycles. The Hall–Kier alpha value is -1.77. The van der Waals surface area contributed by atoms with Crippen molar-refractivity contribution in [2.24, 2.45) is 5.92 Å². The van der Waals surface area contributed by atoms with E-state index < -0.39 is 0 Å². The Kier molecular flexibility index (Phi) is 5.29. The number of hydrogen-bond donors (Lipinski definition) is 1. The van der Waals surface area contributed by atoms with Crippen LogP contribution in [0.4, 0.5) is 0 Å². The van der Waals surface area contributed by atoms with Crippen LogP contribution in [0.15, 0.2) is 22.0 Å². The van der Waals surface area contributed by atoms with Crippen LogP contribution < -0.4 is 5.32 Å². The highest BCUT2D eigenvalue weighted by Gasteiger charge is 2.31. The zero-order chi connectivity index (χ0) is 19.0. The van der Waals surface area contributed by atoms with Gasteiger partial charge >= 0.3 is 0 Å². The smallest absolute Gasteiger partial charge is 0.249 e. The van der Waals surface area contributed by atoms with Gasteiger partial charge in [0.05, 0.1) is 21.3 Å². The standard InChI is InChI=1S/C18H19ClN4O2S2/c1-9(2)15(17-22-16(23-25-17)10-3-4-10)21-14(24)7-11-8-26-18(20-11)12-5-6-13(19)27-12/h5-6,8-10,15H,3-4,7H2,1-2H3,(H,21,24). The van der Waals surface area contributed by atoms with Crippen LogP contribution in [0.25, 0.3) is 9.88 Å². The second-order valence-electron chi connectivity index (χ2n) is 6.98. The van der Waals surface area contributed by atoms with Gasteiger partial charge in [0, 0.05) is 11.3 Å². The van der Waals surface area contributed by atoms with E-state index in [-0.39, 0.29) is 24.3 Å². The maximum Gasteiger partial charge on any atom is 0.249 e. The number of aromatic nitrogens is 3. The molecule has 1 N–H and O–H groups in total. The number of thiophene rings is 1. The van der Waals surface area contributed by atoms with Crippen LogP contribution in [0.3, 0.4) is 0 Å². The summed E-state index contributed by atoms with van der Waals surface area (Å²) in [7, 11) is 0. The van der Waals surface area contributed by atoms with Gasteiger partial charge in [-0.2, -0.15) is 4.98 Å². The fourth-order valence-corrected chi connectivity index (χ4v) is 4.65. The number of carbonyl (C=O) groups excluding carboxylic acids is 1. The molecule has 142 valence electrons. The molecule has 1 fully saturated rings. The molecule has 1 atom stereocenters. The molecular weight excluding hydrogens is 404 g/mol. The summed E-state index contributed by atoms with van der Waals surface area (Å²) in [5.41, 5.74) is 0.740. The van der Waals surface area contributed by atoms with Gasteiger partial charge in [-0.1, -0.05) is 30.6 Å². The zero-order valence-electron chi connectivity index (χ0n) is 14.9.